The predicted octanol–water partition coefficient (Wildman–Crippen LogP) is 3.99. The summed E-state index contributed by atoms with van der Waals surface area (Å²) in [5.41, 5.74) is 2.56. The van der Waals surface area contributed by atoms with Crippen molar-refractivity contribution in [3.05, 3.63) is 59.6 Å². The maximum atomic E-state index is 13.0. The lowest BCUT2D eigenvalue weighted by atomic mass is 10.0. The number of hydrogen-bond donors (Lipinski definition) is 0. The first-order valence-corrected chi connectivity index (χ1v) is 6.02. The Morgan fingerprint density at radius 2 is 1.94 bits per heavy atom. The Bertz CT molecular complexity index is 429. The van der Waals surface area contributed by atoms with E-state index < -0.39 is 0 Å². The molecule has 0 atom stereocenters. The Morgan fingerprint density at radius 1 is 1.24 bits per heavy atom. The van der Waals surface area contributed by atoms with Crippen molar-refractivity contribution in [1.29, 1.82) is 0 Å². The standard InChI is InChI=1S/C15H18FN/c1-12(2)14-7-5-13(6-8-14)10-17-9-3-4-15(16)11-17/h3-8,11-12H,9-10H2,1-2H3. The van der Waals surface area contributed by atoms with Crippen LogP contribution in [-0.4, -0.2) is 11.4 Å². The molecule has 90 valence electrons. The molecule has 17 heavy (non-hydrogen) atoms. The SMILES string of the molecule is CC(C)c1ccc(CN2C=C(F)C=CC2)cc1. The van der Waals surface area contributed by atoms with Crippen LogP contribution in [0.25, 0.3) is 0 Å². The van der Waals surface area contributed by atoms with Crippen LogP contribution < -0.4 is 0 Å². The normalized spacial score (nSPS) is 15.3. The lowest BCUT2D eigenvalue weighted by Crippen LogP contribution is -2.19. The molecule has 2 rings (SSSR count). The average molecular weight is 231 g/mol. The number of benzene rings is 1. The van der Waals surface area contributed by atoms with Gasteiger partial charge >= 0.3 is 0 Å². The Morgan fingerprint density at radius 3 is 2.53 bits per heavy atom. The second kappa shape index (κ2) is 5.17. The number of nitrogens with zero attached hydrogens (tertiary/aromatic N) is 1. The molecule has 0 radical (unpaired) electrons. The molecule has 0 saturated carbocycles. The largest absolute Gasteiger partial charge is 0.367 e. The van der Waals surface area contributed by atoms with Gasteiger partial charge in [-0.3, -0.25) is 0 Å². The van der Waals surface area contributed by atoms with E-state index in [1.54, 1.807) is 6.20 Å². The fraction of sp³-hybridized carbons (Fsp3) is 0.333. The van der Waals surface area contributed by atoms with E-state index in [4.69, 9.17) is 0 Å². The van der Waals surface area contributed by atoms with Crippen LogP contribution in [0.5, 0.6) is 0 Å². The van der Waals surface area contributed by atoms with E-state index in [0.29, 0.717) is 5.92 Å². The van der Waals surface area contributed by atoms with Crippen molar-refractivity contribution in [3.8, 4) is 0 Å². The molecule has 0 saturated heterocycles. The molecule has 1 aromatic carbocycles. The van der Waals surface area contributed by atoms with E-state index in [1.807, 2.05) is 11.0 Å². The summed E-state index contributed by atoms with van der Waals surface area (Å²) >= 11 is 0. The molecule has 0 aliphatic carbocycles. The Hall–Kier alpha value is -1.57. The van der Waals surface area contributed by atoms with E-state index in [-0.39, 0.29) is 5.83 Å². The smallest absolute Gasteiger partial charge is 0.138 e. The maximum Gasteiger partial charge on any atom is 0.138 e. The second-order valence-electron chi connectivity index (χ2n) is 4.74. The van der Waals surface area contributed by atoms with E-state index in [2.05, 4.69) is 38.1 Å². The summed E-state index contributed by atoms with van der Waals surface area (Å²) in [6, 6.07) is 8.55. The molecular weight excluding hydrogens is 213 g/mol. The van der Waals surface area contributed by atoms with Gasteiger partial charge in [-0.25, -0.2) is 4.39 Å². The van der Waals surface area contributed by atoms with Crippen LogP contribution in [-0.2, 0) is 6.54 Å². The molecule has 0 aromatic heterocycles. The van der Waals surface area contributed by atoms with Crippen LogP contribution in [0.1, 0.15) is 30.9 Å². The van der Waals surface area contributed by atoms with Gasteiger partial charge in [-0.15, -0.1) is 0 Å². The third-order valence-corrected chi connectivity index (χ3v) is 2.95. The molecular formula is C15H18FN. The van der Waals surface area contributed by atoms with Gasteiger partial charge in [0.25, 0.3) is 0 Å². The van der Waals surface area contributed by atoms with Gasteiger partial charge in [0.1, 0.15) is 5.83 Å². The van der Waals surface area contributed by atoms with Crippen molar-refractivity contribution in [2.75, 3.05) is 6.54 Å². The predicted molar refractivity (Wildman–Crippen MR) is 69.3 cm³/mol. The fourth-order valence-corrected chi connectivity index (χ4v) is 1.92. The van der Waals surface area contributed by atoms with Gasteiger partial charge in [0.15, 0.2) is 0 Å². The summed E-state index contributed by atoms with van der Waals surface area (Å²) in [5.74, 6) is 0.384. The first-order valence-electron chi connectivity index (χ1n) is 6.02. The third-order valence-electron chi connectivity index (χ3n) is 2.95. The van der Waals surface area contributed by atoms with Crippen molar-refractivity contribution < 1.29 is 4.39 Å². The summed E-state index contributed by atoms with van der Waals surface area (Å²) in [5, 5.41) is 0. The van der Waals surface area contributed by atoms with Crippen molar-refractivity contribution in [2.45, 2.75) is 26.3 Å². The van der Waals surface area contributed by atoms with Crippen molar-refractivity contribution in [2.24, 2.45) is 0 Å². The number of rotatable bonds is 3. The van der Waals surface area contributed by atoms with Gasteiger partial charge in [0, 0.05) is 19.3 Å². The fourth-order valence-electron chi connectivity index (χ4n) is 1.92. The topological polar surface area (TPSA) is 3.24 Å². The monoisotopic (exact) mass is 231 g/mol. The van der Waals surface area contributed by atoms with Crippen LogP contribution in [0.2, 0.25) is 0 Å². The molecule has 2 heteroatoms. The van der Waals surface area contributed by atoms with Crippen molar-refractivity contribution in [1.82, 2.24) is 4.90 Å². The summed E-state index contributed by atoms with van der Waals surface area (Å²) in [6.07, 6.45) is 4.92. The molecule has 1 aliphatic heterocycles. The first kappa shape index (κ1) is 11.9. The number of halogens is 1. The Kier molecular flexibility index (Phi) is 3.62. The molecule has 0 fully saturated rings. The van der Waals surface area contributed by atoms with Gasteiger partial charge in [-0.1, -0.05) is 44.2 Å². The van der Waals surface area contributed by atoms with Crippen LogP contribution in [0.3, 0.4) is 0 Å². The maximum absolute atomic E-state index is 13.0. The third kappa shape index (κ3) is 3.19. The molecule has 0 N–H and O–H groups in total. The van der Waals surface area contributed by atoms with Gasteiger partial charge in [0.2, 0.25) is 0 Å². The summed E-state index contributed by atoms with van der Waals surface area (Å²) in [7, 11) is 0. The van der Waals surface area contributed by atoms with Gasteiger partial charge in [-0.05, 0) is 23.1 Å². The number of hydrogen-bond acceptors (Lipinski definition) is 1. The molecule has 0 spiro atoms. The van der Waals surface area contributed by atoms with Crippen LogP contribution >= 0.6 is 0 Å². The molecule has 0 bridgehead atoms. The van der Waals surface area contributed by atoms with Crippen LogP contribution in [0.15, 0.2) is 48.4 Å². The highest BCUT2D eigenvalue weighted by atomic mass is 19.1. The lowest BCUT2D eigenvalue weighted by Gasteiger charge is -2.21. The highest BCUT2D eigenvalue weighted by Gasteiger charge is 2.06. The quantitative estimate of drug-likeness (QED) is 0.760. The highest BCUT2D eigenvalue weighted by molar-refractivity contribution is 5.25. The second-order valence-corrected chi connectivity index (χ2v) is 4.74. The van der Waals surface area contributed by atoms with E-state index in [9.17, 15) is 4.39 Å². The molecule has 1 heterocycles. The van der Waals surface area contributed by atoms with Crippen molar-refractivity contribution in [3.63, 3.8) is 0 Å². The first-order chi connectivity index (χ1) is 8.15. The Labute approximate surface area is 102 Å². The molecule has 1 aliphatic rings. The zero-order chi connectivity index (χ0) is 12.3. The molecule has 1 aromatic rings. The summed E-state index contributed by atoms with van der Waals surface area (Å²) in [4.78, 5) is 1.97. The van der Waals surface area contributed by atoms with Crippen LogP contribution in [0.4, 0.5) is 4.39 Å². The summed E-state index contributed by atoms with van der Waals surface area (Å²) in [6.45, 7) is 5.90. The minimum absolute atomic E-state index is 0.171. The highest BCUT2D eigenvalue weighted by Crippen LogP contribution is 2.17. The molecule has 0 unspecified atom stereocenters. The minimum atomic E-state index is -0.171. The zero-order valence-corrected chi connectivity index (χ0v) is 10.4. The van der Waals surface area contributed by atoms with Gasteiger partial charge in [0.05, 0.1) is 0 Å². The minimum Gasteiger partial charge on any atom is -0.367 e. The Balaban J connectivity index is 2.02. The zero-order valence-electron chi connectivity index (χ0n) is 10.4. The van der Waals surface area contributed by atoms with E-state index in [1.165, 1.54) is 17.2 Å². The average Bonchev–Trinajstić information content (AvgIpc) is 2.29. The van der Waals surface area contributed by atoms with Crippen molar-refractivity contribution >= 4 is 0 Å². The molecule has 1 nitrogen and oxygen atoms in total. The lowest BCUT2D eigenvalue weighted by molar-refractivity contribution is 0.389. The summed E-state index contributed by atoms with van der Waals surface area (Å²) < 4.78 is 13.0. The van der Waals surface area contributed by atoms with E-state index in [0.717, 1.165) is 13.1 Å². The van der Waals surface area contributed by atoms with E-state index >= 15 is 0 Å². The van der Waals surface area contributed by atoms with Crippen LogP contribution in [0, 0.1) is 0 Å². The molecule has 0 amide bonds. The number of allylic oxidation sites excluding steroid dienone is 2. The van der Waals surface area contributed by atoms with Gasteiger partial charge in [-0.2, -0.15) is 0 Å². The van der Waals surface area contributed by atoms with Gasteiger partial charge < -0.3 is 4.90 Å².